The number of hydrogen-bond acceptors (Lipinski definition) is 6. The highest BCUT2D eigenvalue weighted by Gasteiger charge is 2.01. The van der Waals surface area contributed by atoms with E-state index < -0.39 is 0 Å². The zero-order valence-corrected chi connectivity index (χ0v) is 6.62. The van der Waals surface area contributed by atoms with E-state index in [0.717, 1.165) is 0 Å². The Balaban J connectivity index is 2.48. The Morgan fingerprint density at radius 1 is 1.08 bits per heavy atom. The minimum atomic E-state index is 0.128. The standard InChI is InChI=1S/C7H6N6/c8-7-12-6(4-11-13-7)5-3-9-1-2-10-5/h1-4H,(H2,8,12,13). The summed E-state index contributed by atoms with van der Waals surface area (Å²) in [4.78, 5) is 11.9. The third kappa shape index (κ3) is 1.56. The number of anilines is 1. The molecule has 0 spiro atoms. The molecule has 0 aliphatic carbocycles. The van der Waals surface area contributed by atoms with Gasteiger partial charge >= 0.3 is 0 Å². The highest BCUT2D eigenvalue weighted by Crippen LogP contribution is 2.09. The van der Waals surface area contributed by atoms with Gasteiger partial charge in [-0.3, -0.25) is 9.97 Å². The molecule has 2 aromatic heterocycles. The molecule has 0 fully saturated rings. The van der Waals surface area contributed by atoms with Crippen LogP contribution in [0.3, 0.4) is 0 Å². The fourth-order valence-corrected chi connectivity index (χ4v) is 0.872. The number of nitrogens with two attached hydrogens (primary N) is 1. The van der Waals surface area contributed by atoms with Crippen molar-refractivity contribution in [1.29, 1.82) is 0 Å². The van der Waals surface area contributed by atoms with Crippen LogP contribution in [0.15, 0.2) is 24.8 Å². The van der Waals surface area contributed by atoms with Crippen LogP contribution in [0.1, 0.15) is 0 Å². The molecule has 13 heavy (non-hydrogen) atoms. The predicted molar refractivity (Wildman–Crippen MR) is 45.3 cm³/mol. The summed E-state index contributed by atoms with van der Waals surface area (Å²) >= 11 is 0. The Morgan fingerprint density at radius 2 is 2.00 bits per heavy atom. The molecule has 0 bridgehead atoms. The van der Waals surface area contributed by atoms with Crippen LogP contribution >= 0.6 is 0 Å². The quantitative estimate of drug-likeness (QED) is 0.649. The molecule has 0 aliphatic rings. The molecule has 2 heterocycles. The first-order chi connectivity index (χ1) is 6.36. The smallest absolute Gasteiger partial charge is 0.240 e. The lowest BCUT2D eigenvalue weighted by atomic mass is 10.3. The number of hydrogen-bond donors (Lipinski definition) is 1. The number of nitrogen functional groups attached to an aromatic ring is 1. The minimum absolute atomic E-state index is 0.128. The fraction of sp³-hybridized carbons (Fsp3) is 0. The molecule has 0 unspecified atom stereocenters. The van der Waals surface area contributed by atoms with Gasteiger partial charge in [-0.2, -0.15) is 5.10 Å². The summed E-state index contributed by atoms with van der Waals surface area (Å²) < 4.78 is 0. The van der Waals surface area contributed by atoms with Crippen molar-refractivity contribution in [2.24, 2.45) is 0 Å². The second-order valence-electron chi connectivity index (χ2n) is 2.29. The third-order valence-electron chi connectivity index (χ3n) is 1.40. The summed E-state index contributed by atoms with van der Waals surface area (Å²) in [6.07, 6.45) is 6.24. The van der Waals surface area contributed by atoms with Crippen LogP contribution in [-0.4, -0.2) is 25.1 Å². The van der Waals surface area contributed by atoms with Crippen molar-refractivity contribution in [2.75, 3.05) is 5.73 Å². The third-order valence-corrected chi connectivity index (χ3v) is 1.40. The van der Waals surface area contributed by atoms with Gasteiger partial charge in [-0.15, -0.1) is 5.10 Å². The van der Waals surface area contributed by atoms with Crippen LogP contribution in [0.4, 0.5) is 5.95 Å². The second-order valence-corrected chi connectivity index (χ2v) is 2.29. The van der Waals surface area contributed by atoms with Crippen LogP contribution < -0.4 is 5.73 Å². The number of nitrogens with zero attached hydrogens (tertiary/aromatic N) is 5. The Kier molecular flexibility index (Phi) is 1.79. The zero-order chi connectivity index (χ0) is 9.10. The van der Waals surface area contributed by atoms with E-state index >= 15 is 0 Å². The summed E-state index contributed by atoms with van der Waals surface area (Å²) in [5, 5.41) is 7.19. The lowest BCUT2D eigenvalue weighted by Gasteiger charge is -1.96. The highest BCUT2D eigenvalue weighted by molar-refractivity contribution is 5.51. The van der Waals surface area contributed by atoms with Crippen LogP contribution in [0.2, 0.25) is 0 Å². The monoisotopic (exact) mass is 174 g/mol. The van der Waals surface area contributed by atoms with E-state index in [1.165, 1.54) is 6.20 Å². The van der Waals surface area contributed by atoms with E-state index in [9.17, 15) is 0 Å². The van der Waals surface area contributed by atoms with E-state index in [0.29, 0.717) is 11.4 Å². The maximum atomic E-state index is 5.36. The molecule has 2 rings (SSSR count). The van der Waals surface area contributed by atoms with Gasteiger partial charge in [0.25, 0.3) is 0 Å². The van der Waals surface area contributed by atoms with E-state index in [1.54, 1.807) is 18.6 Å². The van der Waals surface area contributed by atoms with Gasteiger partial charge in [0.05, 0.1) is 12.4 Å². The molecule has 0 saturated heterocycles. The van der Waals surface area contributed by atoms with Crippen molar-refractivity contribution in [2.45, 2.75) is 0 Å². The van der Waals surface area contributed by atoms with Gasteiger partial charge in [0, 0.05) is 12.4 Å². The largest absolute Gasteiger partial charge is 0.366 e. The first kappa shape index (κ1) is 7.53. The Morgan fingerprint density at radius 3 is 2.69 bits per heavy atom. The minimum Gasteiger partial charge on any atom is -0.366 e. The molecule has 6 heteroatoms. The first-order valence-corrected chi connectivity index (χ1v) is 3.58. The van der Waals surface area contributed by atoms with Crippen molar-refractivity contribution in [1.82, 2.24) is 25.1 Å². The van der Waals surface area contributed by atoms with Crippen LogP contribution in [0.25, 0.3) is 11.4 Å². The molecular formula is C7H6N6. The van der Waals surface area contributed by atoms with Crippen molar-refractivity contribution in [3.63, 3.8) is 0 Å². The summed E-state index contributed by atoms with van der Waals surface area (Å²) in [6, 6.07) is 0. The van der Waals surface area contributed by atoms with Gasteiger partial charge in [0.2, 0.25) is 5.95 Å². The van der Waals surface area contributed by atoms with Crippen LogP contribution in [-0.2, 0) is 0 Å². The summed E-state index contributed by atoms with van der Waals surface area (Å²) in [6.45, 7) is 0. The SMILES string of the molecule is Nc1nncc(-c2cnccn2)n1. The Bertz CT molecular complexity index is 401. The molecule has 0 amide bonds. The Labute approximate surface area is 73.9 Å². The molecule has 2 aromatic rings. The summed E-state index contributed by atoms with van der Waals surface area (Å²) in [5.74, 6) is 0.128. The van der Waals surface area contributed by atoms with Crippen molar-refractivity contribution in [3.05, 3.63) is 24.8 Å². The Hall–Kier alpha value is -2.11. The average molecular weight is 174 g/mol. The maximum absolute atomic E-state index is 5.36. The van der Waals surface area contributed by atoms with Gasteiger partial charge in [-0.25, -0.2) is 4.98 Å². The van der Waals surface area contributed by atoms with Crippen molar-refractivity contribution in [3.8, 4) is 11.4 Å². The van der Waals surface area contributed by atoms with Gasteiger partial charge in [0.1, 0.15) is 11.4 Å². The van der Waals surface area contributed by atoms with E-state index in [-0.39, 0.29) is 5.95 Å². The van der Waals surface area contributed by atoms with Crippen LogP contribution in [0, 0.1) is 0 Å². The number of aromatic nitrogens is 5. The van der Waals surface area contributed by atoms with Crippen LogP contribution in [0.5, 0.6) is 0 Å². The maximum Gasteiger partial charge on any atom is 0.240 e. The van der Waals surface area contributed by atoms with E-state index in [4.69, 9.17) is 5.73 Å². The molecule has 2 N–H and O–H groups in total. The van der Waals surface area contributed by atoms with E-state index in [2.05, 4.69) is 25.1 Å². The molecule has 6 nitrogen and oxygen atoms in total. The van der Waals surface area contributed by atoms with Gasteiger partial charge < -0.3 is 5.73 Å². The van der Waals surface area contributed by atoms with Gasteiger partial charge in [0.15, 0.2) is 0 Å². The number of rotatable bonds is 1. The summed E-state index contributed by atoms with van der Waals surface area (Å²) in [7, 11) is 0. The zero-order valence-electron chi connectivity index (χ0n) is 6.62. The molecule has 0 atom stereocenters. The second kappa shape index (κ2) is 3.10. The molecule has 0 saturated carbocycles. The summed E-state index contributed by atoms with van der Waals surface area (Å²) in [5.41, 5.74) is 6.56. The van der Waals surface area contributed by atoms with Crippen molar-refractivity contribution >= 4 is 5.95 Å². The molecule has 0 radical (unpaired) electrons. The van der Waals surface area contributed by atoms with Gasteiger partial charge in [-0.1, -0.05) is 0 Å². The fourth-order valence-electron chi connectivity index (χ4n) is 0.872. The normalized spacial score (nSPS) is 9.85. The molecular weight excluding hydrogens is 168 g/mol. The van der Waals surface area contributed by atoms with Crippen molar-refractivity contribution < 1.29 is 0 Å². The molecule has 64 valence electrons. The lowest BCUT2D eigenvalue weighted by Crippen LogP contribution is -1.98. The molecule has 0 aliphatic heterocycles. The predicted octanol–water partition coefficient (Wildman–Crippen LogP) is -0.0892. The first-order valence-electron chi connectivity index (χ1n) is 3.58. The highest BCUT2D eigenvalue weighted by atomic mass is 15.2. The van der Waals surface area contributed by atoms with Gasteiger partial charge in [-0.05, 0) is 0 Å². The molecule has 0 aromatic carbocycles. The lowest BCUT2D eigenvalue weighted by molar-refractivity contribution is 0.983. The average Bonchev–Trinajstić information content (AvgIpc) is 2.19. The van der Waals surface area contributed by atoms with E-state index in [1.807, 2.05) is 0 Å². The topological polar surface area (TPSA) is 90.5 Å².